The second-order valence-electron chi connectivity index (χ2n) is 8.15. The van der Waals surface area contributed by atoms with E-state index in [-0.39, 0.29) is 18.6 Å². The zero-order valence-electron chi connectivity index (χ0n) is 16.9. The summed E-state index contributed by atoms with van der Waals surface area (Å²) in [5, 5.41) is 9.50. The summed E-state index contributed by atoms with van der Waals surface area (Å²) in [5.74, 6) is -0.944. The van der Waals surface area contributed by atoms with Gasteiger partial charge >= 0.3 is 6.09 Å². The van der Waals surface area contributed by atoms with E-state index in [1.54, 1.807) is 0 Å². The largest absolute Gasteiger partial charge is 0.465 e. The lowest BCUT2D eigenvalue weighted by Crippen LogP contribution is -2.58. The van der Waals surface area contributed by atoms with Gasteiger partial charge in [-0.2, -0.15) is 0 Å². The number of ether oxygens (including phenoxy) is 1. The smallest absolute Gasteiger partial charge is 0.407 e. The first-order chi connectivity index (χ1) is 14.1. The van der Waals surface area contributed by atoms with E-state index in [2.05, 4.69) is 4.72 Å². The SMILES string of the molecule is CS(=O)(=O)N[C@H]1CCCN(C(=O)O)[C@H]1COC1CCC(c2cc(F)ccc2F)CC1. The van der Waals surface area contributed by atoms with Crippen LogP contribution in [0.3, 0.4) is 0 Å². The predicted molar refractivity (Wildman–Crippen MR) is 107 cm³/mol. The Kier molecular flexibility index (Phi) is 7.30. The number of hydrogen-bond donors (Lipinski definition) is 2. The van der Waals surface area contributed by atoms with Gasteiger partial charge in [-0.25, -0.2) is 26.7 Å². The van der Waals surface area contributed by atoms with Crippen LogP contribution in [-0.4, -0.2) is 62.1 Å². The molecule has 0 radical (unpaired) electrons. The van der Waals surface area contributed by atoms with Crippen LogP contribution in [0.5, 0.6) is 0 Å². The minimum atomic E-state index is -3.49. The molecular weight excluding hydrogens is 418 g/mol. The predicted octanol–water partition coefficient (Wildman–Crippen LogP) is 3.07. The molecule has 1 aromatic rings. The van der Waals surface area contributed by atoms with Gasteiger partial charge in [0.25, 0.3) is 0 Å². The Morgan fingerprint density at radius 2 is 1.93 bits per heavy atom. The Bertz CT molecular complexity index is 859. The van der Waals surface area contributed by atoms with Gasteiger partial charge in [0, 0.05) is 12.6 Å². The van der Waals surface area contributed by atoms with Crippen LogP contribution < -0.4 is 4.72 Å². The first-order valence-electron chi connectivity index (χ1n) is 10.2. The monoisotopic (exact) mass is 446 g/mol. The highest BCUT2D eigenvalue weighted by molar-refractivity contribution is 7.88. The number of likely N-dealkylation sites (tertiary alicyclic amines) is 1. The second kappa shape index (κ2) is 9.57. The molecule has 1 amide bonds. The van der Waals surface area contributed by atoms with Gasteiger partial charge in [0.15, 0.2) is 0 Å². The molecule has 168 valence electrons. The van der Waals surface area contributed by atoms with E-state index in [0.717, 1.165) is 18.4 Å². The van der Waals surface area contributed by atoms with Gasteiger partial charge in [-0.1, -0.05) is 0 Å². The number of carboxylic acid groups (broad SMARTS) is 1. The molecule has 2 fully saturated rings. The fourth-order valence-corrected chi connectivity index (χ4v) is 5.34. The summed E-state index contributed by atoms with van der Waals surface area (Å²) in [6.07, 6.45) is 3.50. The minimum Gasteiger partial charge on any atom is -0.465 e. The standard InChI is InChI=1S/C20H28F2N2O5S/c1-30(27,28)23-18-3-2-10-24(20(25)26)19(18)12-29-15-7-4-13(5-8-15)16-11-14(21)6-9-17(16)22/h6,9,11,13,15,18-19,23H,2-5,7-8,10,12H2,1H3,(H,25,26)/t13?,15?,18-,19-/m0/s1. The minimum absolute atomic E-state index is 0.0783. The fraction of sp³-hybridized carbons (Fsp3) is 0.650. The molecule has 10 heteroatoms. The van der Waals surface area contributed by atoms with Crippen molar-refractivity contribution in [2.45, 2.75) is 62.6 Å². The zero-order valence-corrected chi connectivity index (χ0v) is 17.7. The molecule has 0 aromatic heterocycles. The number of nitrogens with zero attached hydrogens (tertiary/aromatic N) is 1. The van der Waals surface area contributed by atoms with Crippen molar-refractivity contribution < 1.29 is 31.8 Å². The van der Waals surface area contributed by atoms with E-state index in [0.29, 0.717) is 50.6 Å². The van der Waals surface area contributed by atoms with E-state index in [1.807, 2.05) is 0 Å². The molecule has 0 spiro atoms. The number of hydrogen-bond acceptors (Lipinski definition) is 4. The molecule has 1 saturated carbocycles. The maximum atomic E-state index is 14.0. The maximum Gasteiger partial charge on any atom is 0.407 e. The molecule has 1 aromatic carbocycles. The van der Waals surface area contributed by atoms with Crippen LogP contribution in [-0.2, 0) is 14.8 Å². The summed E-state index contributed by atoms with van der Waals surface area (Å²) in [7, 11) is -3.49. The molecule has 1 aliphatic carbocycles. The Labute approximate surface area is 175 Å². The van der Waals surface area contributed by atoms with Crippen molar-refractivity contribution in [2.24, 2.45) is 0 Å². The van der Waals surface area contributed by atoms with Gasteiger partial charge < -0.3 is 14.7 Å². The first-order valence-corrected chi connectivity index (χ1v) is 12.1. The third-order valence-corrected chi connectivity index (χ3v) is 6.70. The lowest BCUT2D eigenvalue weighted by molar-refractivity contribution is -0.0227. The zero-order chi connectivity index (χ0) is 21.9. The normalized spacial score (nSPS) is 27.8. The van der Waals surface area contributed by atoms with Crippen molar-refractivity contribution in [1.82, 2.24) is 9.62 Å². The van der Waals surface area contributed by atoms with Crippen LogP contribution in [0.1, 0.15) is 50.0 Å². The molecule has 2 atom stereocenters. The van der Waals surface area contributed by atoms with Gasteiger partial charge in [-0.05, 0) is 68.2 Å². The van der Waals surface area contributed by atoms with Crippen LogP contribution in [0, 0.1) is 11.6 Å². The topological polar surface area (TPSA) is 95.9 Å². The van der Waals surface area contributed by atoms with Crippen LogP contribution in [0.25, 0.3) is 0 Å². The highest BCUT2D eigenvalue weighted by Gasteiger charge is 2.37. The summed E-state index contributed by atoms with van der Waals surface area (Å²) < 4.78 is 59.4. The van der Waals surface area contributed by atoms with Crippen molar-refractivity contribution in [3.05, 3.63) is 35.4 Å². The molecule has 1 saturated heterocycles. The average Bonchev–Trinajstić information content (AvgIpc) is 2.68. The summed E-state index contributed by atoms with van der Waals surface area (Å²) in [5.41, 5.74) is 0.384. The summed E-state index contributed by atoms with van der Waals surface area (Å²) >= 11 is 0. The molecule has 2 aliphatic rings. The maximum absolute atomic E-state index is 14.0. The lowest BCUT2D eigenvalue weighted by Gasteiger charge is -2.40. The Morgan fingerprint density at radius 3 is 2.57 bits per heavy atom. The molecule has 2 N–H and O–H groups in total. The van der Waals surface area contributed by atoms with Gasteiger partial charge in [0.1, 0.15) is 11.6 Å². The summed E-state index contributed by atoms with van der Waals surface area (Å²) in [6, 6.07) is 2.35. The van der Waals surface area contributed by atoms with Gasteiger partial charge in [-0.3, -0.25) is 0 Å². The molecule has 0 bridgehead atoms. The molecule has 30 heavy (non-hydrogen) atoms. The molecule has 0 unspecified atom stereocenters. The van der Waals surface area contributed by atoms with E-state index in [9.17, 15) is 27.1 Å². The number of sulfonamides is 1. The molecule has 7 nitrogen and oxygen atoms in total. The van der Waals surface area contributed by atoms with Crippen molar-refractivity contribution in [3.8, 4) is 0 Å². The number of carbonyl (C=O) groups is 1. The third-order valence-electron chi connectivity index (χ3n) is 5.96. The average molecular weight is 447 g/mol. The summed E-state index contributed by atoms with van der Waals surface area (Å²) in [4.78, 5) is 12.8. The van der Waals surface area contributed by atoms with Crippen LogP contribution in [0.15, 0.2) is 18.2 Å². The van der Waals surface area contributed by atoms with Gasteiger partial charge in [0.2, 0.25) is 10.0 Å². The van der Waals surface area contributed by atoms with E-state index in [1.165, 1.54) is 11.0 Å². The third kappa shape index (κ3) is 5.89. The van der Waals surface area contributed by atoms with E-state index < -0.39 is 39.8 Å². The number of amides is 1. The van der Waals surface area contributed by atoms with Crippen LogP contribution in [0.2, 0.25) is 0 Å². The highest BCUT2D eigenvalue weighted by Crippen LogP contribution is 2.36. The number of benzene rings is 1. The van der Waals surface area contributed by atoms with Crippen LogP contribution in [0.4, 0.5) is 13.6 Å². The van der Waals surface area contributed by atoms with Crippen molar-refractivity contribution >= 4 is 16.1 Å². The molecular formula is C20H28F2N2O5S. The lowest BCUT2D eigenvalue weighted by atomic mass is 9.82. The number of nitrogens with one attached hydrogen (secondary N) is 1. The fourth-order valence-electron chi connectivity index (χ4n) is 4.52. The number of rotatable bonds is 6. The molecule has 1 heterocycles. The van der Waals surface area contributed by atoms with Crippen molar-refractivity contribution in [3.63, 3.8) is 0 Å². The van der Waals surface area contributed by atoms with E-state index in [4.69, 9.17) is 4.74 Å². The highest BCUT2D eigenvalue weighted by atomic mass is 32.2. The Balaban J connectivity index is 1.59. The quantitative estimate of drug-likeness (QED) is 0.700. The van der Waals surface area contributed by atoms with Crippen molar-refractivity contribution in [2.75, 3.05) is 19.4 Å². The Morgan fingerprint density at radius 1 is 1.23 bits per heavy atom. The van der Waals surface area contributed by atoms with Gasteiger partial charge in [0.05, 0.1) is 25.0 Å². The number of halogens is 2. The second-order valence-corrected chi connectivity index (χ2v) is 9.93. The van der Waals surface area contributed by atoms with E-state index >= 15 is 0 Å². The molecule has 1 aliphatic heterocycles. The Hall–Kier alpha value is -1.78. The van der Waals surface area contributed by atoms with Crippen LogP contribution >= 0.6 is 0 Å². The molecule has 3 rings (SSSR count). The van der Waals surface area contributed by atoms with Gasteiger partial charge in [-0.15, -0.1) is 0 Å². The first kappa shape index (κ1) is 22.9. The number of piperidine rings is 1. The van der Waals surface area contributed by atoms with Crippen molar-refractivity contribution in [1.29, 1.82) is 0 Å². The summed E-state index contributed by atoms with van der Waals surface area (Å²) in [6.45, 7) is 0.417.